The molecule has 0 aliphatic carbocycles. The lowest BCUT2D eigenvalue weighted by Gasteiger charge is -2.37. The van der Waals surface area contributed by atoms with Gasteiger partial charge in [0, 0.05) is 36.8 Å². The second kappa shape index (κ2) is 15.2. The summed E-state index contributed by atoms with van der Waals surface area (Å²) in [5.74, 6) is 4.20. The van der Waals surface area contributed by atoms with Crippen molar-refractivity contribution in [3.05, 3.63) is 118 Å². The number of ether oxygens (including phenoxy) is 6. The third kappa shape index (κ3) is 6.97. The topological polar surface area (TPSA) is 108 Å². The van der Waals surface area contributed by atoms with Gasteiger partial charge in [0.2, 0.25) is 5.75 Å². The van der Waals surface area contributed by atoms with Crippen LogP contribution < -0.4 is 33.1 Å². The van der Waals surface area contributed by atoms with Gasteiger partial charge in [-0.15, -0.1) is 0 Å². The SMILES string of the molecule is COc1cc(NS(=O)(=O)c2ccccc2)c2cc1Oc1ccc(cc1)C[C@H]1c3cc(c(OC)cc3CCN1C)Oc1c(OC)c(OC)cc3c1[C@H](C2)N(C)CC3. The fourth-order valence-corrected chi connectivity index (χ4v) is 9.35. The third-order valence-corrected chi connectivity index (χ3v) is 12.7. The normalized spacial score (nSPS) is 18.0. The van der Waals surface area contributed by atoms with Crippen LogP contribution in [0.5, 0.6) is 46.0 Å². The number of nitrogens with zero attached hydrogens (tertiary/aromatic N) is 2. The van der Waals surface area contributed by atoms with E-state index < -0.39 is 10.0 Å². The Morgan fingerprint density at radius 3 is 2.00 bits per heavy atom. The Kier molecular flexibility index (Phi) is 10.2. The van der Waals surface area contributed by atoms with Crippen LogP contribution in [0.3, 0.4) is 0 Å². The molecule has 0 saturated heterocycles. The number of anilines is 1. The van der Waals surface area contributed by atoms with Gasteiger partial charge >= 0.3 is 0 Å². The molecule has 56 heavy (non-hydrogen) atoms. The van der Waals surface area contributed by atoms with Crippen molar-refractivity contribution in [2.45, 2.75) is 42.7 Å². The number of methoxy groups -OCH3 is 4. The zero-order valence-electron chi connectivity index (χ0n) is 32.5. The number of hydrogen-bond acceptors (Lipinski definition) is 10. The first-order chi connectivity index (χ1) is 27.1. The highest BCUT2D eigenvalue weighted by Gasteiger charge is 2.35. The number of likely N-dealkylation sites (N-methyl/N-ethyl adjacent to an activating group) is 2. The zero-order valence-corrected chi connectivity index (χ0v) is 33.4. The molecule has 2 atom stereocenters. The molecule has 6 bridgehead atoms. The summed E-state index contributed by atoms with van der Waals surface area (Å²) in [6.45, 7) is 1.65. The molecule has 4 aliphatic heterocycles. The smallest absolute Gasteiger partial charge is 0.261 e. The van der Waals surface area contributed by atoms with Crippen molar-refractivity contribution in [2.24, 2.45) is 0 Å². The molecule has 5 aromatic rings. The number of benzene rings is 5. The van der Waals surface area contributed by atoms with Crippen LogP contribution in [0, 0.1) is 0 Å². The lowest BCUT2D eigenvalue weighted by molar-refractivity contribution is 0.220. The van der Waals surface area contributed by atoms with Gasteiger partial charge in [-0.3, -0.25) is 14.5 Å². The van der Waals surface area contributed by atoms with Crippen LogP contribution in [0.1, 0.15) is 45.5 Å². The first-order valence-corrected chi connectivity index (χ1v) is 20.2. The number of fused-ring (bicyclic) bond motifs is 2. The minimum absolute atomic E-state index is 0.0903. The molecular weight excluding hydrogens is 731 g/mol. The van der Waals surface area contributed by atoms with Crippen LogP contribution in [0.15, 0.2) is 89.8 Å². The number of nitrogens with one attached hydrogen (secondary N) is 1. The van der Waals surface area contributed by atoms with E-state index >= 15 is 0 Å². The van der Waals surface area contributed by atoms with Crippen LogP contribution in [-0.2, 0) is 35.7 Å². The zero-order chi connectivity index (χ0) is 39.1. The van der Waals surface area contributed by atoms with Gasteiger partial charge in [0.15, 0.2) is 34.5 Å². The van der Waals surface area contributed by atoms with E-state index in [0.717, 1.165) is 49.0 Å². The molecule has 11 nitrogen and oxygen atoms in total. The van der Waals surface area contributed by atoms with E-state index in [0.29, 0.717) is 63.7 Å². The second-order valence-corrected chi connectivity index (χ2v) is 16.2. The first-order valence-electron chi connectivity index (χ1n) is 18.7. The van der Waals surface area contributed by atoms with E-state index in [4.69, 9.17) is 28.4 Å². The Labute approximate surface area is 328 Å². The molecule has 0 unspecified atom stereocenters. The molecule has 0 aromatic heterocycles. The molecule has 0 fully saturated rings. The van der Waals surface area contributed by atoms with Gasteiger partial charge in [-0.1, -0.05) is 30.3 Å². The van der Waals surface area contributed by atoms with E-state index in [1.807, 2.05) is 24.3 Å². The number of rotatable bonds is 7. The molecule has 12 heteroatoms. The Morgan fingerprint density at radius 1 is 0.661 bits per heavy atom. The summed E-state index contributed by atoms with van der Waals surface area (Å²) in [4.78, 5) is 4.79. The van der Waals surface area contributed by atoms with Gasteiger partial charge in [0.1, 0.15) is 5.75 Å². The van der Waals surface area contributed by atoms with Gasteiger partial charge in [0.05, 0.1) is 39.0 Å². The van der Waals surface area contributed by atoms with Crippen LogP contribution in [0.4, 0.5) is 5.69 Å². The highest BCUT2D eigenvalue weighted by atomic mass is 32.2. The maximum absolute atomic E-state index is 13.9. The largest absolute Gasteiger partial charge is 0.493 e. The van der Waals surface area contributed by atoms with E-state index in [1.165, 1.54) is 11.1 Å². The maximum atomic E-state index is 13.9. The molecule has 4 heterocycles. The minimum atomic E-state index is -3.97. The van der Waals surface area contributed by atoms with Gasteiger partial charge in [-0.2, -0.15) is 0 Å². The highest BCUT2D eigenvalue weighted by molar-refractivity contribution is 7.92. The predicted molar refractivity (Wildman–Crippen MR) is 215 cm³/mol. The minimum Gasteiger partial charge on any atom is -0.493 e. The second-order valence-electron chi connectivity index (χ2n) is 14.5. The molecule has 1 N–H and O–H groups in total. The highest BCUT2D eigenvalue weighted by Crippen LogP contribution is 2.52. The summed E-state index contributed by atoms with van der Waals surface area (Å²) < 4.78 is 68.1. The van der Waals surface area contributed by atoms with Crippen molar-refractivity contribution in [3.8, 4) is 46.0 Å². The number of sulfonamides is 1. The molecule has 0 spiro atoms. The molecule has 0 amide bonds. The molecule has 0 radical (unpaired) electrons. The average Bonchev–Trinajstić information content (AvgIpc) is 3.21. The molecule has 0 saturated carbocycles. The summed E-state index contributed by atoms with van der Waals surface area (Å²) in [6, 6.07) is 26.0. The quantitative estimate of drug-likeness (QED) is 0.175. The van der Waals surface area contributed by atoms with E-state index in [9.17, 15) is 8.42 Å². The van der Waals surface area contributed by atoms with Gasteiger partial charge in [-0.25, -0.2) is 8.42 Å². The van der Waals surface area contributed by atoms with Gasteiger partial charge < -0.3 is 28.4 Å². The standard InChI is InChI=1S/C44H47N3O8S/c1-46-18-16-28-22-37(50-3)40-25-33(28)35(46)20-27-12-14-31(15-13-27)54-39-24-30(34(26-38(39)51-4)45-56(48,49)32-10-8-7-9-11-32)21-36-42-29(17-19-47(36)2)23-41(52-5)43(53-6)44(42)55-40/h7-15,22-26,35-36,45H,16-21H2,1-6H3/t35-,36-/m0/s1. The summed E-state index contributed by atoms with van der Waals surface area (Å²) in [5, 5.41) is 0. The van der Waals surface area contributed by atoms with Crippen LogP contribution >= 0.6 is 0 Å². The van der Waals surface area contributed by atoms with Crippen LogP contribution in [0.25, 0.3) is 0 Å². The Bertz CT molecular complexity index is 2370. The monoisotopic (exact) mass is 777 g/mol. The average molecular weight is 778 g/mol. The Hall–Kier alpha value is -5.43. The predicted octanol–water partition coefficient (Wildman–Crippen LogP) is 7.96. The lowest BCUT2D eigenvalue weighted by atomic mass is 9.87. The van der Waals surface area contributed by atoms with Crippen molar-refractivity contribution in [2.75, 3.05) is 60.3 Å². The Morgan fingerprint density at radius 2 is 1.30 bits per heavy atom. The first kappa shape index (κ1) is 37.5. The molecule has 9 rings (SSSR count). The third-order valence-electron chi connectivity index (χ3n) is 11.3. The molecule has 5 aromatic carbocycles. The summed E-state index contributed by atoms with van der Waals surface area (Å²) in [7, 11) is 6.70. The van der Waals surface area contributed by atoms with Crippen molar-refractivity contribution in [1.29, 1.82) is 0 Å². The van der Waals surface area contributed by atoms with E-state index in [-0.39, 0.29) is 17.0 Å². The Balaban J connectivity index is 1.37. The summed E-state index contributed by atoms with van der Waals surface area (Å²) >= 11 is 0. The van der Waals surface area contributed by atoms with Crippen molar-refractivity contribution in [3.63, 3.8) is 0 Å². The lowest BCUT2D eigenvalue weighted by Crippen LogP contribution is -2.34. The van der Waals surface area contributed by atoms with Crippen LogP contribution in [-0.4, -0.2) is 73.8 Å². The molecule has 4 aliphatic rings. The molecule has 292 valence electrons. The van der Waals surface area contributed by atoms with Gasteiger partial charge in [-0.05, 0) is 116 Å². The number of hydrogen-bond donors (Lipinski definition) is 1. The van der Waals surface area contributed by atoms with E-state index in [2.05, 4.69) is 52.9 Å². The van der Waals surface area contributed by atoms with Crippen molar-refractivity contribution in [1.82, 2.24) is 9.80 Å². The fraction of sp³-hybridized carbons (Fsp3) is 0.318. The van der Waals surface area contributed by atoms with Crippen molar-refractivity contribution < 1.29 is 36.8 Å². The summed E-state index contributed by atoms with van der Waals surface area (Å²) in [6.07, 6.45) is 2.75. The molecular formula is C44H47N3O8S. The van der Waals surface area contributed by atoms with E-state index in [1.54, 1.807) is 64.8 Å². The van der Waals surface area contributed by atoms with Crippen LogP contribution in [0.2, 0.25) is 0 Å². The fourth-order valence-electron chi connectivity index (χ4n) is 8.24. The summed E-state index contributed by atoms with van der Waals surface area (Å²) in [5.41, 5.74) is 6.57. The van der Waals surface area contributed by atoms with Crippen molar-refractivity contribution >= 4 is 15.7 Å². The van der Waals surface area contributed by atoms with Gasteiger partial charge in [0.25, 0.3) is 10.0 Å². The maximum Gasteiger partial charge on any atom is 0.261 e.